The molecule has 5 nitrogen and oxygen atoms in total. The van der Waals surface area contributed by atoms with Gasteiger partial charge in [0.15, 0.2) is 0 Å². The van der Waals surface area contributed by atoms with Crippen LogP contribution >= 0.6 is 11.6 Å². The molecule has 0 saturated carbocycles. The molecule has 0 aliphatic heterocycles. The molecule has 1 amide bonds. The molecule has 0 unspecified atom stereocenters. The molecule has 3 N–H and O–H groups in total. The topological polar surface area (TPSA) is 85.2 Å². The minimum absolute atomic E-state index is 0.000342. The Morgan fingerprint density at radius 3 is 2.54 bits per heavy atom. The lowest BCUT2D eigenvalue weighted by molar-refractivity contribution is -0.137. The fraction of sp³-hybridized carbons (Fsp3) is 0.0588. The van der Waals surface area contributed by atoms with E-state index < -0.39 is 22.7 Å². The second kappa shape index (κ2) is 7.80. The number of nitriles is 1. The van der Waals surface area contributed by atoms with Crippen LogP contribution in [0.3, 0.4) is 0 Å². The highest BCUT2D eigenvalue weighted by Crippen LogP contribution is 2.36. The Balaban J connectivity index is 2.17. The van der Waals surface area contributed by atoms with E-state index in [-0.39, 0.29) is 22.7 Å². The summed E-state index contributed by atoms with van der Waals surface area (Å²) in [5.74, 6) is -0.875. The number of halogens is 4. The summed E-state index contributed by atoms with van der Waals surface area (Å²) >= 11 is 5.52. The van der Waals surface area contributed by atoms with Crippen LogP contribution in [0.25, 0.3) is 0 Å². The zero-order valence-corrected chi connectivity index (χ0v) is 13.7. The summed E-state index contributed by atoms with van der Waals surface area (Å²) in [7, 11) is 0. The molecule has 2 aromatic carbocycles. The molecule has 2 aromatic rings. The van der Waals surface area contributed by atoms with Gasteiger partial charge in [0.25, 0.3) is 5.91 Å². The number of anilines is 2. The average molecular weight is 382 g/mol. The van der Waals surface area contributed by atoms with E-state index in [0.717, 1.165) is 18.3 Å². The highest BCUT2D eigenvalue weighted by molar-refractivity contribution is 6.31. The van der Waals surface area contributed by atoms with Gasteiger partial charge >= 0.3 is 6.18 Å². The smallest absolute Gasteiger partial charge is 0.417 e. The Morgan fingerprint density at radius 2 is 1.92 bits per heavy atom. The maximum Gasteiger partial charge on any atom is 0.417 e. The standard InChI is InChI=1S/C17H11ClF3N3O2/c18-15-5-4-11(7-14(15)17(19,20)21)23-9-10(8-22)16(26)24-12-2-1-3-13(25)6-12/h1-7,9,23,25H,(H,24,26)/b10-9-. The molecule has 0 bridgehead atoms. The van der Waals surface area contributed by atoms with Crippen molar-refractivity contribution >= 4 is 28.9 Å². The summed E-state index contributed by atoms with van der Waals surface area (Å²) in [4.78, 5) is 12.0. The highest BCUT2D eigenvalue weighted by Gasteiger charge is 2.33. The number of carbonyl (C=O) groups excluding carboxylic acids is 1. The monoisotopic (exact) mass is 381 g/mol. The van der Waals surface area contributed by atoms with Crippen LogP contribution in [-0.4, -0.2) is 11.0 Å². The van der Waals surface area contributed by atoms with Gasteiger partial charge in [-0.25, -0.2) is 0 Å². The molecule has 0 heterocycles. The maximum absolute atomic E-state index is 12.8. The lowest BCUT2D eigenvalue weighted by Gasteiger charge is -2.11. The number of aromatic hydroxyl groups is 1. The van der Waals surface area contributed by atoms with Gasteiger partial charge in [0.1, 0.15) is 17.4 Å². The molecule has 0 aliphatic rings. The quantitative estimate of drug-likeness (QED) is 0.537. The SMILES string of the molecule is N#C/C(=C/Nc1ccc(Cl)c(C(F)(F)F)c1)C(=O)Nc1cccc(O)c1. The maximum atomic E-state index is 12.8. The third kappa shape index (κ3) is 4.91. The first-order valence-corrected chi connectivity index (χ1v) is 7.42. The first-order chi connectivity index (χ1) is 12.2. The number of carbonyl (C=O) groups is 1. The van der Waals surface area contributed by atoms with E-state index in [4.69, 9.17) is 16.9 Å². The van der Waals surface area contributed by atoms with Crippen LogP contribution < -0.4 is 10.6 Å². The van der Waals surface area contributed by atoms with Crippen molar-refractivity contribution in [3.63, 3.8) is 0 Å². The summed E-state index contributed by atoms with van der Waals surface area (Å²) in [5, 5.41) is 22.8. The van der Waals surface area contributed by atoms with E-state index in [2.05, 4.69) is 10.6 Å². The largest absolute Gasteiger partial charge is 0.508 e. The second-order valence-electron chi connectivity index (χ2n) is 5.01. The average Bonchev–Trinajstić information content (AvgIpc) is 2.55. The molecule has 134 valence electrons. The van der Waals surface area contributed by atoms with Crippen LogP contribution in [-0.2, 0) is 11.0 Å². The lowest BCUT2D eigenvalue weighted by Crippen LogP contribution is -2.14. The number of nitrogens with zero attached hydrogens (tertiary/aromatic N) is 1. The number of phenols is 1. The van der Waals surface area contributed by atoms with Crippen LogP contribution in [0.2, 0.25) is 5.02 Å². The van der Waals surface area contributed by atoms with Crippen LogP contribution in [0.1, 0.15) is 5.56 Å². The normalized spacial score (nSPS) is 11.6. The number of hydrogen-bond donors (Lipinski definition) is 3. The lowest BCUT2D eigenvalue weighted by atomic mass is 10.2. The molecule has 0 radical (unpaired) electrons. The zero-order chi connectivity index (χ0) is 19.3. The van der Waals surface area contributed by atoms with Crippen molar-refractivity contribution in [1.82, 2.24) is 0 Å². The predicted molar refractivity (Wildman–Crippen MR) is 90.5 cm³/mol. The Kier molecular flexibility index (Phi) is 5.75. The van der Waals surface area contributed by atoms with E-state index in [9.17, 15) is 23.1 Å². The Labute approximate surface area is 151 Å². The molecule has 0 aliphatic carbocycles. The third-order valence-corrected chi connectivity index (χ3v) is 3.45. The van der Waals surface area contributed by atoms with Crippen LogP contribution in [0.5, 0.6) is 5.75 Å². The van der Waals surface area contributed by atoms with E-state index in [1.54, 1.807) is 6.07 Å². The van der Waals surface area contributed by atoms with Gasteiger partial charge in [0.2, 0.25) is 0 Å². The summed E-state index contributed by atoms with van der Waals surface area (Å²) in [6, 6.07) is 10.4. The fourth-order valence-electron chi connectivity index (χ4n) is 1.92. The summed E-state index contributed by atoms with van der Waals surface area (Å²) in [5.41, 5.74) is -1.17. The second-order valence-corrected chi connectivity index (χ2v) is 5.42. The first kappa shape index (κ1) is 19.1. The number of rotatable bonds is 4. The van der Waals surface area contributed by atoms with Crippen LogP contribution in [0.15, 0.2) is 54.2 Å². The van der Waals surface area contributed by atoms with Crippen molar-refractivity contribution < 1.29 is 23.1 Å². The van der Waals surface area contributed by atoms with Gasteiger partial charge in [-0.3, -0.25) is 4.79 Å². The minimum atomic E-state index is -4.64. The fourth-order valence-corrected chi connectivity index (χ4v) is 2.14. The van der Waals surface area contributed by atoms with Crippen molar-refractivity contribution in [2.45, 2.75) is 6.18 Å². The minimum Gasteiger partial charge on any atom is -0.508 e. The van der Waals surface area contributed by atoms with Crippen molar-refractivity contribution in [2.75, 3.05) is 10.6 Å². The molecule has 9 heteroatoms. The zero-order valence-electron chi connectivity index (χ0n) is 12.9. The Hall–Kier alpha value is -3.18. The van der Waals surface area contributed by atoms with Gasteiger partial charge in [-0.05, 0) is 30.3 Å². The Morgan fingerprint density at radius 1 is 1.19 bits per heavy atom. The molecular formula is C17H11ClF3N3O2. The van der Waals surface area contributed by atoms with Gasteiger partial charge in [0, 0.05) is 23.6 Å². The summed E-state index contributed by atoms with van der Waals surface area (Å²) < 4.78 is 38.5. The number of hydrogen-bond acceptors (Lipinski definition) is 4. The predicted octanol–water partition coefficient (Wildman–Crippen LogP) is 4.52. The van der Waals surface area contributed by atoms with E-state index in [1.165, 1.54) is 30.3 Å². The molecular weight excluding hydrogens is 371 g/mol. The van der Waals surface area contributed by atoms with Gasteiger partial charge < -0.3 is 15.7 Å². The van der Waals surface area contributed by atoms with Crippen molar-refractivity contribution in [3.05, 3.63) is 64.8 Å². The van der Waals surface area contributed by atoms with Crippen LogP contribution in [0.4, 0.5) is 24.5 Å². The number of amides is 1. The van der Waals surface area contributed by atoms with Crippen molar-refractivity contribution in [3.8, 4) is 11.8 Å². The van der Waals surface area contributed by atoms with E-state index in [0.29, 0.717) is 0 Å². The van der Waals surface area contributed by atoms with Crippen molar-refractivity contribution in [2.24, 2.45) is 0 Å². The van der Waals surface area contributed by atoms with Crippen LogP contribution in [0, 0.1) is 11.3 Å². The van der Waals surface area contributed by atoms with E-state index >= 15 is 0 Å². The highest BCUT2D eigenvalue weighted by atomic mass is 35.5. The molecule has 0 aromatic heterocycles. The summed E-state index contributed by atoms with van der Waals surface area (Å²) in [6.45, 7) is 0. The van der Waals surface area contributed by atoms with Gasteiger partial charge in [-0.1, -0.05) is 17.7 Å². The molecule has 2 rings (SSSR count). The van der Waals surface area contributed by atoms with Gasteiger partial charge in [0.05, 0.1) is 10.6 Å². The number of alkyl halides is 3. The number of nitrogens with one attached hydrogen (secondary N) is 2. The molecule has 0 fully saturated rings. The summed E-state index contributed by atoms with van der Waals surface area (Å²) in [6.07, 6.45) is -3.66. The van der Waals surface area contributed by atoms with E-state index in [1.807, 2.05) is 0 Å². The Bertz CT molecular complexity index is 905. The van der Waals surface area contributed by atoms with Gasteiger partial charge in [-0.15, -0.1) is 0 Å². The third-order valence-electron chi connectivity index (χ3n) is 3.12. The molecule has 0 atom stereocenters. The molecule has 0 spiro atoms. The van der Waals surface area contributed by atoms with Crippen molar-refractivity contribution in [1.29, 1.82) is 5.26 Å². The molecule has 26 heavy (non-hydrogen) atoms. The number of benzene rings is 2. The van der Waals surface area contributed by atoms with Gasteiger partial charge in [-0.2, -0.15) is 18.4 Å². The molecule has 0 saturated heterocycles. The number of phenolic OH excluding ortho intramolecular Hbond substituents is 1. The first-order valence-electron chi connectivity index (χ1n) is 7.04.